The number of likely N-dealkylation sites (tertiary alicyclic amines) is 1. The van der Waals surface area contributed by atoms with E-state index in [0.717, 1.165) is 67.1 Å². The number of ether oxygens (including phenoxy) is 1. The number of nitrogens with one attached hydrogen (secondary N) is 2. The third-order valence-corrected chi connectivity index (χ3v) is 7.54. The van der Waals surface area contributed by atoms with Gasteiger partial charge in [0.05, 0.1) is 6.33 Å². The second kappa shape index (κ2) is 11.7. The number of fused-ring (bicyclic) bond motifs is 1. The van der Waals surface area contributed by atoms with E-state index in [1.54, 1.807) is 0 Å². The maximum absolute atomic E-state index is 11.9. The molecule has 2 N–H and O–H groups in total. The SMILES string of the molecule is O=C1CCCN1CCCNc1nc(Nc2ccc(Oc3ccccc3)cc2)c2ncn(C3CCCCC3)c2n1. The number of imidazole rings is 1. The first-order chi connectivity index (χ1) is 19.2. The number of amides is 1. The van der Waals surface area contributed by atoms with Crippen LogP contribution in [0.3, 0.4) is 0 Å². The fourth-order valence-corrected chi connectivity index (χ4v) is 5.49. The van der Waals surface area contributed by atoms with Gasteiger partial charge in [-0.05, 0) is 62.1 Å². The lowest BCUT2D eigenvalue weighted by Gasteiger charge is -2.23. The van der Waals surface area contributed by atoms with Gasteiger partial charge in [-0.15, -0.1) is 0 Å². The zero-order valence-electron chi connectivity index (χ0n) is 22.2. The van der Waals surface area contributed by atoms with Crippen LogP contribution in [0.4, 0.5) is 17.5 Å². The maximum atomic E-state index is 11.9. The minimum Gasteiger partial charge on any atom is -0.457 e. The molecule has 2 aliphatic rings. The molecule has 2 aromatic heterocycles. The average Bonchev–Trinajstić information content (AvgIpc) is 3.59. The second-order valence-electron chi connectivity index (χ2n) is 10.3. The summed E-state index contributed by atoms with van der Waals surface area (Å²) in [4.78, 5) is 28.3. The number of carbonyl (C=O) groups excluding carboxylic acids is 1. The van der Waals surface area contributed by atoms with Crippen LogP contribution < -0.4 is 15.4 Å². The predicted molar refractivity (Wildman–Crippen MR) is 153 cm³/mol. The molecule has 0 bridgehead atoms. The standard InChI is InChI=1S/C30H35N7O2/c38-26-13-7-19-36(26)20-8-18-31-30-34-28(27-29(35-30)37(21-32-27)23-9-3-1-4-10-23)33-22-14-16-25(17-15-22)39-24-11-5-2-6-12-24/h2,5-6,11-12,14-17,21,23H,1,3-4,7-10,13,18-20H2,(H2,31,33,34,35). The summed E-state index contributed by atoms with van der Waals surface area (Å²) in [6.07, 6.45) is 10.5. The Kier molecular flexibility index (Phi) is 7.56. The number of hydrogen-bond donors (Lipinski definition) is 2. The van der Waals surface area contributed by atoms with Crippen molar-refractivity contribution in [2.45, 2.75) is 57.4 Å². The van der Waals surface area contributed by atoms with Gasteiger partial charge in [-0.3, -0.25) is 4.79 Å². The van der Waals surface area contributed by atoms with Gasteiger partial charge >= 0.3 is 0 Å². The van der Waals surface area contributed by atoms with Crippen LogP contribution in [0.2, 0.25) is 0 Å². The number of anilines is 3. The van der Waals surface area contributed by atoms with Gasteiger partial charge in [0.1, 0.15) is 11.5 Å². The zero-order chi connectivity index (χ0) is 26.4. The van der Waals surface area contributed by atoms with Gasteiger partial charge in [0.15, 0.2) is 17.0 Å². The van der Waals surface area contributed by atoms with E-state index >= 15 is 0 Å². The van der Waals surface area contributed by atoms with Crippen molar-refractivity contribution in [2.75, 3.05) is 30.3 Å². The Morgan fingerprint density at radius 3 is 2.49 bits per heavy atom. The van der Waals surface area contributed by atoms with Gasteiger partial charge in [0.25, 0.3) is 0 Å². The molecule has 1 aliphatic heterocycles. The molecule has 1 saturated carbocycles. The average molecular weight is 526 g/mol. The Morgan fingerprint density at radius 1 is 0.923 bits per heavy atom. The molecule has 2 fully saturated rings. The second-order valence-corrected chi connectivity index (χ2v) is 10.3. The van der Waals surface area contributed by atoms with Crippen molar-refractivity contribution >= 4 is 34.5 Å². The summed E-state index contributed by atoms with van der Waals surface area (Å²) in [6.45, 7) is 2.32. The lowest BCUT2D eigenvalue weighted by molar-refractivity contribution is -0.127. The van der Waals surface area contributed by atoms with Crippen LogP contribution >= 0.6 is 0 Å². The van der Waals surface area contributed by atoms with Crippen molar-refractivity contribution in [2.24, 2.45) is 0 Å². The van der Waals surface area contributed by atoms with E-state index in [0.29, 0.717) is 30.8 Å². The molecular formula is C30H35N7O2. The summed E-state index contributed by atoms with van der Waals surface area (Å²) in [5.41, 5.74) is 2.50. The van der Waals surface area contributed by atoms with Crippen molar-refractivity contribution in [3.63, 3.8) is 0 Å². The largest absolute Gasteiger partial charge is 0.457 e. The molecular weight excluding hydrogens is 490 g/mol. The van der Waals surface area contributed by atoms with Crippen LogP contribution in [-0.4, -0.2) is 50.0 Å². The van der Waals surface area contributed by atoms with Crippen molar-refractivity contribution in [3.05, 3.63) is 60.9 Å². The fraction of sp³-hybridized carbons (Fsp3) is 0.400. The number of para-hydroxylation sites is 1. The van der Waals surface area contributed by atoms with Crippen LogP contribution in [-0.2, 0) is 4.79 Å². The van der Waals surface area contributed by atoms with Gasteiger partial charge in [-0.2, -0.15) is 9.97 Å². The first kappa shape index (κ1) is 25.2. The lowest BCUT2D eigenvalue weighted by Crippen LogP contribution is -2.27. The van der Waals surface area contributed by atoms with Gasteiger partial charge in [0.2, 0.25) is 11.9 Å². The van der Waals surface area contributed by atoms with Crippen molar-refractivity contribution in [1.29, 1.82) is 0 Å². The molecule has 3 heterocycles. The van der Waals surface area contributed by atoms with Gasteiger partial charge < -0.3 is 24.8 Å². The third kappa shape index (κ3) is 5.97. The molecule has 39 heavy (non-hydrogen) atoms. The molecule has 0 unspecified atom stereocenters. The summed E-state index contributed by atoms with van der Waals surface area (Å²) in [6, 6.07) is 18.0. The van der Waals surface area contributed by atoms with Gasteiger partial charge in [-0.1, -0.05) is 37.5 Å². The highest BCUT2D eigenvalue weighted by Gasteiger charge is 2.22. The Hall–Kier alpha value is -4.14. The molecule has 0 spiro atoms. The fourth-order valence-electron chi connectivity index (χ4n) is 5.49. The number of hydrogen-bond acceptors (Lipinski definition) is 7. The first-order valence-electron chi connectivity index (χ1n) is 14.1. The predicted octanol–water partition coefficient (Wildman–Crippen LogP) is 6.29. The summed E-state index contributed by atoms with van der Waals surface area (Å²) in [5.74, 6) is 3.06. The van der Waals surface area contributed by atoms with Crippen LogP contribution in [0.25, 0.3) is 11.2 Å². The van der Waals surface area contributed by atoms with Crippen molar-refractivity contribution in [3.8, 4) is 11.5 Å². The number of aromatic nitrogens is 4. The molecule has 9 nitrogen and oxygen atoms in total. The molecule has 1 saturated heterocycles. The normalized spacial score (nSPS) is 16.1. The lowest BCUT2D eigenvalue weighted by atomic mass is 9.95. The third-order valence-electron chi connectivity index (χ3n) is 7.54. The Labute approximate surface area is 228 Å². The van der Waals surface area contributed by atoms with E-state index < -0.39 is 0 Å². The summed E-state index contributed by atoms with van der Waals surface area (Å²) in [5, 5.41) is 6.86. The van der Waals surface area contributed by atoms with Gasteiger partial charge in [0, 0.05) is 37.8 Å². The zero-order valence-corrected chi connectivity index (χ0v) is 22.2. The van der Waals surface area contributed by atoms with E-state index in [-0.39, 0.29) is 5.91 Å². The Balaban J connectivity index is 1.21. The van der Waals surface area contributed by atoms with Crippen LogP contribution in [0.15, 0.2) is 60.9 Å². The highest BCUT2D eigenvalue weighted by Crippen LogP contribution is 2.33. The van der Waals surface area contributed by atoms with Crippen LogP contribution in [0.5, 0.6) is 11.5 Å². The summed E-state index contributed by atoms with van der Waals surface area (Å²) in [7, 11) is 0. The first-order valence-corrected chi connectivity index (χ1v) is 14.1. The Morgan fingerprint density at radius 2 is 1.72 bits per heavy atom. The number of carbonyl (C=O) groups is 1. The molecule has 6 rings (SSSR count). The monoisotopic (exact) mass is 525 g/mol. The molecule has 1 amide bonds. The molecule has 9 heteroatoms. The quantitative estimate of drug-likeness (QED) is 0.235. The smallest absolute Gasteiger partial charge is 0.226 e. The highest BCUT2D eigenvalue weighted by molar-refractivity contribution is 5.86. The van der Waals surface area contributed by atoms with E-state index in [2.05, 4.69) is 15.2 Å². The topological polar surface area (TPSA) is 97.2 Å². The summed E-state index contributed by atoms with van der Waals surface area (Å²) < 4.78 is 8.17. The van der Waals surface area contributed by atoms with E-state index in [1.807, 2.05) is 65.8 Å². The number of rotatable bonds is 10. The highest BCUT2D eigenvalue weighted by atomic mass is 16.5. The van der Waals surface area contributed by atoms with Crippen LogP contribution in [0.1, 0.15) is 57.4 Å². The molecule has 2 aromatic carbocycles. The van der Waals surface area contributed by atoms with E-state index in [1.165, 1.54) is 19.3 Å². The van der Waals surface area contributed by atoms with E-state index in [4.69, 9.17) is 19.7 Å². The minimum atomic E-state index is 0.260. The number of nitrogens with zero attached hydrogens (tertiary/aromatic N) is 5. The minimum absolute atomic E-state index is 0.260. The van der Waals surface area contributed by atoms with Crippen LogP contribution in [0, 0.1) is 0 Å². The Bertz CT molecular complexity index is 1400. The van der Waals surface area contributed by atoms with Crippen molar-refractivity contribution < 1.29 is 9.53 Å². The van der Waals surface area contributed by atoms with Crippen molar-refractivity contribution in [1.82, 2.24) is 24.4 Å². The maximum Gasteiger partial charge on any atom is 0.226 e. The molecule has 0 radical (unpaired) electrons. The van der Waals surface area contributed by atoms with E-state index in [9.17, 15) is 4.79 Å². The van der Waals surface area contributed by atoms with Gasteiger partial charge in [-0.25, -0.2) is 4.98 Å². The molecule has 4 aromatic rings. The molecule has 202 valence electrons. The number of benzene rings is 2. The molecule has 0 atom stereocenters. The molecule has 1 aliphatic carbocycles. The summed E-state index contributed by atoms with van der Waals surface area (Å²) >= 11 is 0.